The molecule has 0 saturated heterocycles. The highest BCUT2D eigenvalue weighted by Gasteiger charge is 2.17. The molecule has 106 valence electrons. The molecule has 0 fully saturated rings. The molecule has 0 aliphatic rings. The van der Waals surface area contributed by atoms with Gasteiger partial charge in [-0.25, -0.2) is 4.39 Å². The number of hydrogen-bond acceptors (Lipinski definition) is 2. The van der Waals surface area contributed by atoms with Gasteiger partial charge < -0.3 is 0 Å². The van der Waals surface area contributed by atoms with Crippen LogP contribution in [0.4, 0.5) is 4.39 Å². The van der Waals surface area contributed by atoms with Crippen LogP contribution in [0.15, 0.2) is 36.4 Å². The third kappa shape index (κ3) is 3.30. The molecule has 0 radical (unpaired) electrons. The molecule has 2 rings (SSSR count). The van der Waals surface area contributed by atoms with Gasteiger partial charge in [0.2, 0.25) is 0 Å². The van der Waals surface area contributed by atoms with Gasteiger partial charge >= 0.3 is 0 Å². The molecule has 0 heterocycles. The Morgan fingerprint density at radius 3 is 2.65 bits per heavy atom. The van der Waals surface area contributed by atoms with Crippen LogP contribution in [0.2, 0.25) is 10.0 Å². The van der Waals surface area contributed by atoms with Gasteiger partial charge in [-0.3, -0.25) is 11.3 Å². The van der Waals surface area contributed by atoms with Gasteiger partial charge in [-0.05, 0) is 42.2 Å². The average molecular weight is 313 g/mol. The SMILES string of the molecule is Cc1ccc(CC(NN)c2cccc(F)c2Cl)c(Cl)c1. The molecule has 0 spiro atoms. The van der Waals surface area contributed by atoms with E-state index in [9.17, 15) is 4.39 Å². The zero-order valence-electron chi connectivity index (χ0n) is 11.0. The first-order valence-corrected chi connectivity index (χ1v) is 6.93. The van der Waals surface area contributed by atoms with E-state index < -0.39 is 5.82 Å². The molecule has 0 bridgehead atoms. The second-order valence-electron chi connectivity index (χ2n) is 4.66. The number of nitrogens with one attached hydrogen (secondary N) is 1. The third-order valence-corrected chi connectivity index (χ3v) is 3.94. The molecule has 0 saturated carbocycles. The van der Waals surface area contributed by atoms with Crippen LogP contribution in [0.3, 0.4) is 0 Å². The molecular formula is C15H15Cl2FN2. The van der Waals surface area contributed by atoms with Crippen molar-refractivity contribution in [2.45, 2.75) is 19.4 Å². The van der Waals surface area contributed by atoms with Crippen molar-refractivity contribution in [3.8, 4) is 0 Å². The topological polar surface area (TPSA) is 38.0 Å². The highest BCUT2D eigenvalue weighted by atomic mass is 35.5. The predicted octanol–water partition coefficient (Wildman–Crippen LogP) is 4.19. The Balaban J connectivity index is 2.31. The van der Waals surface area contributed by atoms with Gasteiger partial charge in [0.25, 0.3) is 0 Å². The Bertz CT molecular complexity index is 617. The van der Waals surface area contributed by atoms with Crippen LogP contribution >= 0.6 is 23.2 Å². The van der Waals surface area contributed by atoms with Crippen molar-refractivity contribution in [1.82, 2.24) is 5.43 Å². The second-order valence-corrected chi connectivity index (χ2v) is 5.45. The van der Waals surface area contributed by atoms with Gasteiger partial charge in [-0.2, -0.15) is 0 Å². The highest BCUT2D eigenvalue weighted by Crippen LogP contribution is 2.29. The van der Waals surface area contributed by atoms with Crippen LogP contribution in [0.5, 0.6) is 0 Å². The average Bonchev–Trinajstić information content (AvgIpc) is 2.42. The van der Waals surface area contributed by atoms with Crippen molar-refractivity contribution in [3.63, 3.8) is 0 Å². The number of nitrogens with two attached hydrogens (primary N) is 1. The van der Waals surface area contributed by atoms with Crippen molar-refractivity contribution in [1.29, 1.82) is 0 Å². The zero-order valence-corrected chi connectivity index (χ0v) is 12.5. The summed E-state index contributed by atoms with van der Waals surface area (Å²) in [6.07, 6.45) is 0.527. The van der Waals surface area contributed by atoms with E-state index in [0.29, 0.717) is 17.0 Å². The predicted molar refractivity (Wildman–Crippen MR) is 81.4 cm³/mol. The molecular weight excluding hydrogens is 298 g/mol. The maximum absolute atomic E-state index is 13.5. The van der Waals surface area contributed by atoms with Crippen LogP contribution in [-0.4, -0.2) is 0 Å². The number of aryl methyl sites for hydroxylation is 1. The minimum absolute atomic E-state index is 0.0821. The molecule has 20 heavy (non-hydrogen) atoms. The fraction of sp³-hybridized carbons (Fsp3) is 0.200. The lowest BCUT2D eigenvalue weighted by atomic mass is 9.98. The fourth-order valence-electron chi connectivity index (χ4n) is 2.09. The number of hydrogen-bond donors (Lipinski definition) is 2. The zero-order chi connectivity index (χ0) is 14.7. The molecule has 5 heteroatoms. The van der Waals surface area contributed by atoms with Crippen LogP contribution in [0.1, 0.15) is 22.7 Å². The van der Waals surface area contributed by atoms with Crippen LogP contribution in [-0.2, 0) is 6.42 Å². The van der Waals surface area contributed by atoms with Gasteiger partial charge in [0.15, 0.2) is 0 Å². The lowest BCUT2D eigenvalue weighted by Crippen LogP contribution is -2.30. The fourth-order valence-corrected chi connectivity index (χ4v) is 2.66. The summed E-state index contributed by atoms with van der Waals surface area (Å²) < 4.78 is 13.5. The minimum Gasteiger partial charge on any atom is -0.271 e. The Labute approximate surface area is 127 Å². The summed E-state index contributed by atoms with van der Waals surface area (Å²) in [6.45, 7) is 1.97. The largest absolute Gasteiger partial charge is 0.271 e. The van der Waals surface area contributed by atoms with Crippen molar-refractivity contribution < 1.29 is 4.39 Å². The standard InChI is InChI=1S/C15H15Cl2FN2/c1-9-5-6-10(12(16)7-9)8-14(20-19)11-3-2-4-13(18)15(11)17/h2-7,14,20H,8,19H2,1H3. The molecule has 2 aromatic carbocycles. The van der Waals surface area contributed by atoms with E-state index >= 15 is 0 Å². The van der Waals surface area contributed by atoms with Crippen LogP contribution in [0, 0.1) is 12.7 Å². The third-order valence-electron chi connectivity index (χ3n) is 3.19. The van der Waals surface area contributed by atoms with E-state index in [0.717, 1.165) is 11.1 Å². The summed E-state index contributed by atoms with van der Waals surface area (Å²) in [4.78, 5) is 0. The molecule has 0 aliphatic heterocycles. The summed E-state index contributed by atoms with van der Waals surface area (Å²) >= 11 is 12.2. The first-order valence-electron chi connectivity index (χ1n) is 6.18. The summed E-state index contributed by atoms with van der Waals surface area (Å²) in [6, 6.07) is 10.2. The Morgan fingerprint density at radius 2 is 2.00 bits per heavy atom. The second kappa shape index (κ2) is 6.55. The summed E-state index contributed by atoms with van der Waals surface area (Å²) in [5.41, 5.74) is 5.30. The van der Waals surface area contributed by atoms with E-state index in [1.54, 1.807) is 12.1 Å². The molecule has 0 aromatic heterocycles. The van der Waals surface area contributed by atoms with E-state index in [1.807, 2.05) is 25.1 Å². The molecule has 2 nitrogen and oxygen atoms in total. The first-order chi connectivity index (χ1) is 9.52. The number of hydrazine groups is 1. The lowest BCUT2D eigenvalue weighted by molar-refractivity contribution is 0.545. The highest BCUT2D eigenvalue weighted by molar-refractivity contribution is 6.32. The van der Waals surface area contributed by atoms with Crippen molar-refractivity contribution >= 4 is 23.2 Å². The molecule has 0 amide bonds. The van der Waals surface area contributed by atoms with Gasteiger partial charge in [0, 0.05) is 5.02 Å². The van der Waals surface area contributed by atoms with Crippen LogP contribution < -0.4 is 11.3 Å². The van der Waals surface area contributed by atoms with Crippen molar-refractivity contribution in [2.75, 3.05) is 0 Å². The maximum atomic E-state index is 13.5. The van der Waals surface area contributed by atoms with E-state index in [2.05, 4.69) is 5.43 Å². The molecule has 1 atom stereocenters. The van der Waals surface area contributed by atoms with Crippen LogP contribution in [0.25, 0.3) is 0 Å². The van der Waals surface area contributed by atoms with E-state index in [1.165, 1.54) is 6.07 Å². The number of benzene rings is 2. The smallest absolute Gasteiger partial charge is 0.142 e. The lowest BCUT2D eigenvalue weighted by Gasteiger charge is -2.19. The van der Waals surface area contributed by atoms with E-state index in [4.69, 9.17) is 29.0 Å². The summed E-state index contributed by atoms with van der Waals surface area (Å²) in [5.74, 6) is 5.12. The normalized spacial score (nSPS) is 12.4. The minimum atomic E-state index is -0.459. The van der Waals surface area contributed by atoms with E-state index in [-0.39, 0.29) is 11.1 Å². The van der Waals surface area contributed by atoms with Crippen molar-refractivity contribution in [2.24, 2.45) is 5.84 Å². The molecule has 1 unspecified atom stereocenters. The quantitative estimate of drug-likeness (QED) is 0.656. The van der Waals surface area contributed by atoms with Gasteiger partial charge in [0.1, 0.15) is 5.82 Å². The monoisotopic (exact) mass is 312 g/mol. The maximum Gasteiger partial charge on any atom is 0.142 e. The van der Waals surface area contributed by atoms with Gasteiger partial charge in [-0.15, -0.1) is 0 Å². The van der Waals surface area contributed by atoms with Gasteiger partial charge in [-0.1, -0.05) is 47.5 Å². The summed E-state index contributed by atoms with van der Waals surface area (Å²) in [7, 11) is 0. The number of halogens is 3. The van der Waals surface area contributed by atoms with Gasteiger partial charge in [0.05, 0.1) is 11.1 Å². The summed E-state index contributed by atoms with van der Waals surface area (Å²) in [5, 5.41) is 0.747. The first kappa shape index (κ1) is 15.3. The molecule has 0 aliphatic carbocycles. The number of rotatable bonds is 4. The Hall–Kier alpha value is -1.13. The molecule has 2 aromatic rings. The Kier molecular flexibility index (Phi) is 5.00. The molecule has 3 N–H and O–H groups in total. The Morgan fingerprint density at radius 1 is 1.25 bits per heavy atom. The van der Waals surface area contributed by atoms with Crippen molar-refractivity contribution in [3.05, 3.63) is 69.0 Å².